The standard InChI is InChI=1S/C68H130O6/c1-4-7-10-13-16-19-22-25-27-29-30-31-32-33-34-35-36-37-38-39-40-42-43-46-49-52-55-58-61-67(70)73-64-65(63-72-66(69)60-57-54-51-48-45-24-21-18-15-12-9-6-3)74-68(71)62-59-56-53-50-47-44-41-28-26-23-20-17-14-11-8-5-2/h18,21,65H,4-17,19-20,22-64H2,1-3H3/b21-18-. The Bertz CT molecular complexity index is 1150. The summed E-state index contributed by atoms with van der Waals surface area (Å²) in [5, 5.41) is 0. The molecule has 0 fully saturated rings. The normalized spacial score (nSPS) is 12.0. The lowest BCUT2D eigenvalue weighted by Gasteiger charge is -2.18. The second-order valence-electron chi connectivity index (χ2n) is 23.1. The smallest absolute Gasteiger partial charge is 0.306 e. The molecule has 0 saturated carbocycles. The third kappa shape index (κ3) is 61.0. The molecular weight excluding hydrogens is 913 g/mol. The SMILES string of the molecule is CCCCC/C=C\CCCCCCCC(=O)OCC(COC(=O)CCCCCCCCCCCCCCCCCCCCCCCCCCCCCC)OC(=O)CCCCCCCCCCCCCCCCCC. The number of hydrogen-bond donors (Lipinski definition) is 0. The molecule has 1 atom stereocenters. The van der Waals surface area contributed by atoms with Gasteiger partial charge in [-0.15, -0.1) is 0 Å². The summed E-state index contributed by atoms with van der Waals surface area (Å²) in [6.45, 7) is 6.69. The van der Waals surface area contributed by atoms with Crippen LogP contribution < -0.4 is 0 Å². The Hall–Kier alpha value is -1.85. The largest absolute Gasteiger partial charge is 0.462 e. The van der Waals surface area contributed by atoms with Crippen molar-refractivity contribution < 1.29 is 28.6 Å². The van der Waals surface area contributed by atoms with Gasteiger partial charge in [0, 0.05) is 19.3 Å². The van der Waals surface area contributed by atoms with Gasteiger partial charge in [0.15, 0.2) is 6.10 Å². The minimum absolute atomic E-state index is 0.0661. The predicted molar refractivity (Wildman–Crippen MR) is 321 cm³/mol. The number of carbonyl (C=O) groups excluding carboxylic acids is 3. The highest BCUT2D eigenvalue weighted by Crippen LogP contribution is 2.19. The van der Waals surface area contributed by atoms with E-state index in [1.165, 1.54) is 283 Å². The van der Waals surface area contributed by atoms with Gasteiger partial charge in [-0.05, 0) is 44.9 Å². The van der Waals surface area contributed by atoms with Crippen molar-refractivity contribution in [1.82, 2.24) is 0 Å². The molecule has 0 aromatic heterocycles. The Labute approximate surface area is 462 Å². The molecule has 0 bridgehead atoms. The molecule has 0 aliphatic carbocycles. The molecule has 0 radical (unpaired) electrons. The maximum Gasteiger partial charge on any atom is 0.306 e. The molecule has 0 aromatic rings. The van der Waals surface area contributed by atoms with Gasteiger partial charge in [0.2, 0.25) is 0 Å². The molecule has 0 amide bonds. The van der Waals surface area contributed by atoms with Gasteiger partial charge in [-0.3, -0.25) is 14.4 Å². The van der Waals surface area contributed by atoms with Crippen molar-refractivity contribution in [1.29, 1.82) is 0 Å². The molecule has 0 aromatic carbocycles. The lowest BCUT2D eigenvalue weighted by atomic mass is 10.0. The van der Waals surface area contributed by atoms with Crippen molar-refractivity contribution in [2.75, 3.05) is 13.2 Å². The number of hydrogen-bond acceptors (Lipinski definition) is 6. The van der Waals surface area contributed by atoms with E-state index >= 15 is 0 Å². The molecule has 0 N–H and O–H groups in total. The highest BCUT2D eigenvalue weighted by atomic mass is 16.6. The van der Waals surface area contributed by atoms with Gasteiger partial charge in [-0.2, -0.15) is 0 Å². The van der Waals surface area contributed by atoms with E-state index in [-0.39, 0.29) is 31.1 Å². The Kier molecular flexibility index (Phi) is 62.1. The summed E-state index contributed by atoms with van der Waals surface area (Å²) in [5.41, 5.74) is 0. The van der Waals surface area contributed by atoms with Gasteiger partial charge in [0.1, 0.15) is 13.2 Å². The zero-order valence-electron chi connectivity index (χ0n) is 50.4. The topological polar surface area (TPSA) is 78.9 Å². The van der Waals surface area contributed by atoms with Crippen LogP contribution >= 0.6 is 0 Å². The van der Waals surface area contributed by atoms with Gasteiger partial charge >= 0.3 is 17.9 Å². The summed E-state index contributed by atoms with van der Waals surface area (Å²) in [5.74, 6) is -0.845. The minimum atomic E-state index is -0.768. The van der Waals surface area contributed by atoms with Crippen molar-refractivity contribution in [2.24, 2.45) is 0 Å². The van der Waals surface area contributed by atoms with E-state index in [4.69, 9.17) is 14.2 Å². The average Bonchev–Trinajstić information content (AvgIpc) is 3.40. The number of carbonyl (C=O) groups is 3. The summed E-state index contributed by atoms with van der Waals surface area (Å²) in [6, 6.07) is 0. The van der Waals surface area contributed by atoms with Crippen LogP contribution in [-0.4, -0.2) is 37.2 Å². The number of esters is 3. The summed E-state index contributed by atoms with van der Waals surface area (Å²) in [7, 11) is 0. The van der Waals surface area contributed by atoms with Crippen molar-refractivity contribution in [3.8, 4) is 0 Å². The quantitative estimate of drug-likeness (QED) is 0.0261. The molecule has 0 aliphatic heterocycles. The highest BCUT2D eigenvalue weighted by molar-refractivity contribution is 5.71. The van der Waals surface area contributed by atoms with Crippen molar-refractivity contribution in [2.45, 2.75) is 393 Å². The van der Waals surface area contributed by atoms with Crippen molar-refractivity contribution in [3.63, 3.8) is 0 Å². The Morgan fingerprint density at radius 2 is 0.446 bits per heavy atom. The van der Waals surface area contributed by atoms with E-state index < -0.39 is 6.10 Å². The minimum Gasteiger partial charge on any atom is -0.462 e. The zero-order chi connectivity index (χ0) is 53.6. The first kappa shape index (κ1) is 72.2. The predicted octanol–water partition coefficient (Wildman–Crippen LogP) is 22.8. The second-order valence-corrected chi connectivity index (χ2v) is 23.1. The Balaban J connectivity index is 4.13. The lowest BCUT2D eigenvalue weighted by molar-refractivity contribution is -0.167. The van der Waals surface area contributed by atoms with E-state index in [9.17, 15) is 14.4 Å². The highest BCUT2D eigenvalue weighted by Gasteiger charge is 2.19. The summed E-state index contributed by atoms with van der Waals surface area (Å²) in [6.07, 6.45) is 75.3. The molecular formula is C68H130O6. The molecule has 74 heavy (non-hydrogen) atoms. The molecule has 438 valence electrons. The second kappa shape index (κ2) is 63.7. The zero-order valence-corrected chi connectivity index (χ0v) is 50.4. The Morgan fingerprint density at radius 3 is 0.703 bits per heavy atom. The van der Waals surface area contributed by atoms with Crippen LogP contribution in [0.25, 0.3) is 0 Å². The van der Waals surface area contributed by atoms with E-state index in [0.29, 0.717) is 19.3 Å². The molecule has 6 heteroatoms. The fraction of sp³-hybridized carbons (Fsp3) is 0.926. The molecule has 0 heterocycles. The average molecular weight is 1040 g/mol. The van der Waals surface area contributed by atoms with Gasteiger partial charge in [-0.1, -0.05) is 335 Å². The number of unbranched alkanes of at least 4 members (excludes halogenated alkanes) is 50. The van der Waals surface area contributed by atoms with E-state index in [1.54, 1.807) is 0 Å². The van der Waals surface area contributed by atoms with E-state index in [2.05, 4.69) is 32.9 Å². The number of rotatable bonds is 63. The summed E-state index contributed by atoms with van der Waals surface area (Å²) < 4.78 is 16.9. The van der Waals surface area contributed by atoms with E-state index in [0.717, 1.165) is 64.2 Å². The monoisotopic (exact) mass is 1040 g/mol. The van der Waals surface area contributed by atoms with Crippen LogP contribution in [0.2, 0.25) is 0 Å². The van der Waals surface area contributed by atoms with Crippen molar-refractivity contribution in [3.05, 3.63) is 12.2 Å². The maximum atomic E-state index is 12.9. The first-order valence-corrected chi connectivity index (χ1v) is 33.7. The third-order valence-corrected chi connectivity index (χ3v) is 15.5. The van der Waals surface area contributed by atoms with Crippen molar-refractivity contribution >= 4 is 17.9 Å². The molecule has 0 aliphatic rings. The molecule has 0 rings (SSSR count). The molecule has 6 nitrogen and oxygen atoms in total. The third-order valence-electron chi connectivity index (χ3n) is 15.5. The fourth-order valence-electron chi connectivity index (χ4n) is 10.4. The Morgan fingerprint density at radius 1 is 0.257 bits per heavy atom. The number of allylic oxidation sites excluding steroid dienone is 2. The van der Waals surface area contributed by atoms with Gasteiger partial charge < -0.3 is 14.2 Å². The van der Waals surface area contributed by atoms with Crippen LogP contribution in [0.1, 0.15) is 387 Å². The van der Waals surface area contributed by atoms with E-state index in [1.807, 2.05) is 0 Å². The van der Waals surface area contributed by atoms with Crippen LogP contribution in [0.5, 0.6) is 0 Å². The van der Waals surface area contributed by atoms with Crippen LogP contribution in [-0.2, 0) is 28.6 Å². The fourth-order valence-corrected chi connectivity index (χ4v) is 10.4. The van der Waals surface area contributed by atoms with Gasteiger partial charge in [-0.25, -0.2) is 0 Å². The molecule has 0 spiro atoms. The van der Waals surface area contributed by atoms with Gasteiger partial charge in [0.05, 0.1) is 0 Å². The first-order valence-electron chi connectivity index (χ1n) is 33.7. The summed E-state index contributed by atoms with van der Waals surface area (Å²) in [4.78, 5) is 38.3. The maximum absolute atomic E-state index is 12.9. The lowest BCUT2D eigenvalue weighted by Crippen LogP contribution is -2.30. The van der Waals surface area contributed by atoms with Crippen LogP contribution in [0.4, 0.5) is 0 Å². The van der Waals surface area contributed by atoms with Crippen LogP contribution in [0, 0.1) is 0 Å². The number of ether oxygens (including phenoxy) is 3. The molecule has 0 saturated heterocycles. The summed E-state index contributed by atoms with van der Waals surface area (Å²) >= 11 is 0. The van der Waals surface area contributed by atoms with Gasteiger partial charge in [0.25, 0.3) is 0 Å². The molecule has 1 unspecified atom stereocenters. The first-order chi connectivity index (χ1) is 36.5. The van der Waals surface area contributed by atoms with Crippen LogP contribution in [0.15, 0.2) is 12.2 Å². The van der Waals surface area contributed by atoms with Crippen LogP contribution in [0.3, 0.4) is 0 Å².